The molecule has 4 aromatic carbocycles. The zero-order chi connectivity index (χ0) is 21.5. The van der Waals surface area contributed by atoms with E-state index < -0.39 is 0 Å². The summed E-state index contributed by atoms with van der Waals surface area (Å²) >= 11 is 7.57. The van der Waals surface area contributed by atoms with Gasteiger partial charge in [-0.2, -0.15) is 5.10 Å². The van der Waals surface area contributed by atoms with Crippen LogP contribution in [0.1, 0.15) is 5.56 Å². The second-order valence-electron chi connectivity index (χ2n) is 6.68. The molecule has 0 radical (unpaired) electrons. The first-order valence-electron chi connectivity index (χ1n) is 9.63. The highest BCUT2D eigenvalue weighted by Gasteiger charge is 2.05. The fourth-order valence-corrected chi connectivity index (χ4v) is 3.88. The van der Waals surface area contributed by atoms with Crippen molar-refractivity contribution in [2.75, 3.05) is 6.61 Å². The molecule has 154 valence electrons. The lowest BCUT2D eigenvalue weighted by Crippen LogP contribution is -2.24. The van der Waals surface area contributed by atoms with E-state index in [0.29, 0.717) is 5.75 Å². The molecule has 0 spiro atoms. The van der Waals surface area contributed by atoms with Gasteiger partial charge in [0.15, 0.2) is 6.61 Å². The van der Waals surface area contributed by atoms with E-state index in [9.17, 15) is 4.79 Å². The molecule has 0 aromatic heterocycles. The Balaban J connectivity index is 1.28. The van der Waals surface area contributed by atoms with E-state index >= 15 is 0 Å². The van der Waals surface area contributed by atoms with Crippen molar-refractivity contribution in [3.63, 3.8) is 0 Å². The Kier molecular flexibility index (Phi) is 6.87. The average molecular weight is 447 g/mol. The molecule has 1 amide bonds. The number of carbonyl (C=O) groups excluding carboxylic acids is 1. The number of hydrogen-bond acceptors (Lipinski definition) is 4. The van der Waals surface area contributed by atoms with Crippen LogP contribution in [0.3, 0.4) is 0 Å². The van der Waals surface area contributed by atoms with Gasteiger partial charge in [0.25, 0.3) is 5.91 Å². The lowest BCUT2D eigenvalue weighted by molar-refractivity contribution is -0.123. The van der Waals surface area contributed by atoms with Gasteiger partial charge < -0.3 is 4.74 Å². The Morgan fingerprint density at radius 1 is 0.903 bits per heavy atom. The van der Waals surface area contributed by atoms with E-state index in [-0.39, 0.29) is 12.5 Å². The Hall–Kier alpha value is -3.28. The summed E-state index contributed by atoms with van der Waals surface area (Å²) in [5.74, 6) is 0.352. The minimum atomic E-state index is -0.320. The highest BCUT2D eigenvalue weighted by Crippen LogP contribution is 2.28. The summed E-state index contributed by atoms with van der Waals surface area (Å²) < 4.78 is 5.67. The number of amides is 1. The number of halogens is 1. The van der Waals surface area contributed by atoms with E-state index in [4.69, 9.17) is 16.3 Å². The van der Waals surface area contributed by atoms with Crippen molar-refractivity contribution in [1.29, 1.82) is 0 Å². The number of hydrazone groups is 1. The molecule has 31 heavy (non-hydrogen) atoms. The zero-order valence-corrected chi connectivity index (χ0v) is 18.1. The molecule has 0 bridgehead atoms. The van der Waals surface area contributed by atoms with E-state index in [1.165, 1.54) is 0 Å². The molecule has 4 nitrogen and oxygen atoms in total. The number of nitrogens with zero attached hydrogens (tertiary/aromatic N) is 1. The van der Waals surface area contributed by atoms with Gasteiger partial charge in [0.1, 0.15) is 5.75 Å². The number of rotatable bonds is 7. The molecule has 0 unspecified atom stereocenters. The van der Waals surface area contributed by atoms with Gasteiger partial charge in [0.2, 0.25) is 0 Å². The predicted molar refractivity (Wildman–Crippen MR) is 127 cm³/mol. The molecule has 6 heteroatoms. The maximum absolute atomic E-state index is 12.1. The van der Waals surface area contributed by atoms with Gasteiger partial charge in [0.05, 0.1) is 6.21 Å². The molecule has 4 rings (SSSR count). The topological polar surface area (TPSA) is 50.7 Å². The van der Waals surface area contributed by atoms with Gasteiger partial charge in [0, 0.05) is 20.2 Å². The van der Waals surface area contributed by atoms with E-state index in [1.807, 2.05) is 91.0 Å². The average Bonchev–Trinajstić information content (AvgIpc) is 2.80. The lowest BCUT2D eigenvalue weighted by atomic mass is 10.1. The van der Waals surface area contributed by atoms with Gasteiger partial charge in [-0.05, 0) is 53.4 Å². The fourth-order valence-electron chi connectivity index (χ4n) is 2.94. The summed E-state index contributed by atoms with van der Waals surface area (Å²) in [5, 5.41) is 6.77. The van der Waals surface area contributed by atoms with Crippen LogP contribution < -0.4 is 10.2 Å². The third-order valence-electron chi connectivity index (χ3n) is 4.44. The normalized spacial score (nSPS) is 11.0. The fraction of sp³-hybridized carbons (Fsp3) is 0.0400. The van der Waals surface area contributed by atoms with Crippen molar-refractivity contribution in [1.82, 2.24) is 5.43 Å². The summed E-state index contributed by atoms with van der Waals surface area (Å²) in [6.07, 6.45) is 1.60. The number of carbonyl (C=O) groups is 1. The summed E-state index contributed by atoms with van der Waals surface area (Å²) in [4.78, 5) is 14.3. The molecule has 4 aromatic rings. The standard InChI is InChI=1S/C25H19ClN2O2S/c26-20-10-14-22(15-11-20)31-21-12-8-18(9-13-21)16-27-28-25(29)17-30-24-7-3-5-19-4-1-2-6-23(19)24/h1-16H,17H2,(H,28,29)/b27-16+. The number of fused-ring (bicyclic) bond motifs is 1. The first kappa shape index (κ1) is 21.0. The van der Waals surface area contributed by atoms with Crippen molar-refractivity contribution in [2.24, 2.45) is 5.10 Å². The molecule has 1 N–H and O–H groups in total. The van der Waals surface area contributed by atoms with Crippen LogP contribution in [0.4, 0.5) is 0 Å². The summed E-state index contributed by atoms with van der Waals surface area (Å²) in [5.41, 5.74) is 3.38. The Bertz CT molecular complexity index is 1200. The summed E-state index contributed by atoms with van der Waals surface area (Å²) in [6, 6.07) is 29.3. The first-order valence-corrected chi connectivity index (χ1v) is 10.8. The number of hydrogen-bond donors (Lipinski definition) is 1. The summed E-state index contributed by atoms with van der Waals surface area (Å²) in [7, 11) is 0. The van der Waals surface area contributed by atoms with Crippen molar-refractivity contribution in [2.45, 2.75) is 9.79 Å². The number of ether oxygens (including phenoxy) is 1. The maximum Gasteiger partial charge on any atom is 0.277 e. The SMILES string of the molecule is O=C(COc1cccc2ccccc12)N/N=C/c1ccc(Sc2ccc(Cl)cc2)cc1. The Morgan fingerprint density at radius 2 is 1.58 bits per heavy atom. The van der Waals surface area contributed by atoms with E-state index in [0.717, 1.165) is 31.1 Å². The summed E-state index contributed by atoms with van der Waals surface area (Å²) in [6.45, 7) is -0.109. The van der Waals surface area contributed by atoms with Crippen LogP contribution in [-0.2, 0) is 4.79 Å². The predicted octanol–water partition coefficient (Wildman–Crippen LogP) is 6.17. The highest BCUT2D eigenvalue weighted by molar-refractivity contribution is 7.99. The van der Waals surface area contributed by atoms with Gasteiger partial charge >= 0.3 is 0 Å². The van der Waals surface area contributed by atoms with Crippen molar-refractivity contribution in [3.8, 4) is 5.75 Å². The second-order valence-corrected chi connectivity index (χ2v) is 8.27. The number of benzene rings is 4. The van der Waals surface area contributed by atoms with Crippen LogP contribution in [-0.4, -0.2) is 18.7 Å². The maximum atomic E-state index is 12.1. The smallest absolute Gasteiger partial charge is 0.277 e. The van der Waals surface area contributed by atoms with Crippen molar-refractivity contribution < 1.29 is 9.53 Å². The van der Waals surface area contributed by atoms with Crippen LogP contribution in [0, 0.1) is 0 Å². The molecular formula is C25H19ClN2O2S. The minimum Gasteiger partial charge on any atom is -0.483 e. The monoisotopic (exact) mass is 446 g/mol. The molecule has 0 atom stereocenters. The van der Waals surface area contributed by atoms with Crippen LogP contribution in [0.25, 0.3) is 10.8 Å². The quantitative estimate of drug-likeness (QED) is 0.272. The molecule has 0 fully saturated rings. The molecular weight excluding hydrogens is 428 g/mol. The van der Waals surface area contributed by atoms with E-state index in [2.05, 4.69) is 10.5 Å². The molecule has 0 saturated heterocycles. The lowest BCUT2D eigenvalue weighted by Gasteiger charge is -2.08. The van der Waals surface area contributed by atoms with Crippen LogP contribution in [0.15, 0.2) is 106 Å². The molecule has 0 aliphatic heterocycles. The molecule has 0 heterocycles. The third kappa shape index (κ3) is 5.87. The highest BCUT2D eigenvalue weighted by atomic mass is 35.5. The van der Waals surface area contributed by atoms with Gasteiger partial charge in [-0.25, -0.2) is 5.43 Å². The zero-order valence-electron chi connectivity index (χ0n) is 16.5. The van der Waals surface area contributed by atoms with Crippen molar-refractivity contribution in [3.05, 3.63) is 102 Å². The van der Waals surface area contributed by atoms with Crippen LogP contribution in [0.2, 0.25) is 5.02 Å². The van der Waals surface area contributed by atoms with Gasteiger partial charge in [-0.15, -0.1) is 0 Å². The molecule has 0 saturated carbocycles. The van der Waals surface area contributed by atoms with Gasteiger partial charge in [-0.1, -0.05) is 71.9 Å². The third-order valence-corrected chi connectivity index (χ3v) is 5.71. The van der Waals surface area contributed by atoms with E-state index in [1.54, 1.807) is 18.0 Å². The van der Waals surface area contributed by atoms with Gasteiger partial charge in [-0.3, -0.25) is 4.79 Å². The Labute approximate surface area is 189 Å². The second kappa shape index (κ2) is 10.2. The van der Waals surface area contributed by atoms with Crippen LogP contribution >= 0.6 is 23.4 Å². The largest absolute Gasteiger partial charge is 0.483 e. The minimum absolute atomic E-state index is 0.109. The van der Waals surface area contributed by atoms with Crippen LogP contribution in [0.5, 0.6) is 5.75 Å². The first-order chi connectivity index (χ1) is 15.2. The number of nitrogens with one attached hydrogen (secondary N) is 1. The molecule has 0 aliphatic rings. The Morgan fingerprint density at radius 3 is 2.35 bits per heavy atom. The van der Waals surface area contributed by atoms with Crippen molar-refractivity contribution >= 4 is 46.3 Å². The molecule has 0 aliphatic carbocycles.